The molecular weight excluding hydrogens is 102 g/mol. The highest BCUT2D eigenvalue weighted by molar-refractivity contribution is 4.64. The maximum atomic E-state index is 4.94. The zero-order valence-corrected chi connectivity index (χ0v) is 5.31. The van der Waals surface area contributed by atoms with Crippen molar-refractivity contribution in [3.8, 4) is 0 Å². The number of hydrogen-bond donors (Lipinski definition) is 1. The van der Waals surface area contributed by atoms with Crippen LogP contribution in [0.25, 0.3) is 0 Å². The van der Waals surface area contributed by atoms with Gasteiger partial charge in [-0.15, -0.1) is 0 Å². The molecule has 1 N–H and O–H groups in total. The second-order valence-electron chi connectivity index (χ2n) is 2.13. The first-order valence-electron chi connectivity index (χ1n) is 3.28. The third kappa shape index (κ3) is 2.28. The first-order chi connectivity index (χ1) is 3.93. The van der Waals surface area contributed by atoms with E-state index in [1.807, 2.05) is 0 Å². The van der Waals surface area contributed by atoms with Gasteiger partial charge in [-0.25, -0.2) is 0 Å². The van der Waals surface area contributed by atoms with Crippen LogP contribution in [0.3, 0.4) is 0 Å². The molecule has 0 spiro atoms. The van der Waals surface area contributed by atoms with Gasteiger partial charge in [0.2, 0.25) is 0 Å². The quantitative estimate of drug-likeness (QED) is 0.431. The van der Waals surface area contributed by atoms with Crippen molar-refractivity contribution in [2.24, 2.45) is 0 Å². The van der Waals surface area contributed by atoms with E-state index in [1.165, 1.54) is 12.8 Å². The Morgan fingerprint density at radius 1 is 1.75 bits per heavy atom. The lowest BCUT2D eigenvalue weighted by molar-refractivity contribution is 0.368. The van der Waals surface area contributed by atoms with Crippen molar-refractivity contribution in [1.29, 1.82) is 0 Å². The lowest BCUT2D eigenvalue weighted by Crippen LogP contribution is -2.18. The van der Waals surface area contributed by atoms with E-state index >= 15 is 0 Å². The van der Waals surface area contributed by atoms with Gasteiger partial charge in [0.15, 0.2) is 0 Å². The van der Waals surface area contributed by atoms with E-state index in [1.54, 1.807) is 0 Å². The lowest BCUT2D eigenvalue weighted by Gasteiger charge is -1.95. The molecule has 0 aliphatic carbocycles. The number of epoxide rings is 1. The van der Waals surface area contributed by atoms with Gasteiger partial charge in [-0.3, -0.25) is 5.32 Å². The molecule has 1 aliphatic heterocycles. The van der Waals surface area contributed by atoms with E-state index in [4.69, 9.17) is 4.74 Å². The van der Waals surface area contributed by atoms with Crippen molar-refractivity contribution in [2.75, 3.05) is 13.2 Å². The van der Waals surface area contributed by atoms with Crippen LogP contribution in [0.5, 0.6) is 0 Å². The molecule has 0 radical (unpaired) electrons. The SMILES string of the molecule is CCCCN[C@@H]1CO1. The van der Waals surface area contributed by atoms with Crippen LogP contribution in [0.15, 0.2) is 0 Å². The fraction of sp³-hybridized carbons (Fsp3) is 1.00. The van der Waals surface area contributed by atoms with E-state index in [2.05, 4.69) is 12.2 Å². The second kappa shape index (κ2) is 3.05. The molecule has 48 valence electrons. The molecule has 0 amide bonds. The summed E-state index contributed by atoms with van der Waals surface area (Å²) in [6.07, 6.45) is 2.93. The molecule has 0 unspecified atom stereocenters. The average molecular weight is 115 g/mol. The molecule has 2 heteroatoms. The Balaban J connectivity index is 1.74. The van der Waals surface area contributed by atoms with E-state index in [9.17, 15) is 0 Å². The van der Waals surface area contributed by atoms with E-state index in [-0.39, 0.29) is 0 Å². The molecule has 0 saturated carbocycles. The molecule has 8 heavy (non-hydrogen) atoms. The highest BCUT2D eigenvalue weighted by atomic mass is 16.6. The van der Waals surface area contributed by atoms with Gasteiger partial charge in [0.1, 0.15) is 6.23 Å². The molecule has 1 heterocycles. The van der Waals surface area contributed by atoms with Crippen LogP contribution in [-0.2, 0) is 4.74 Å². The van der Waals surface area contributed by atoms with Gasteiger partial charge in [-0.1, -0.05) is 13.3 Å². The number of nitrogens with one attached hydrogen (secondary N) is 1. The normalized spacial score (nSPS) is 25.9. The Kier molecular flexibility index (Phi) is 2.30. The highest BCUT2D eigenvalue weighted by Gasteiger charge is 2.20. The van der Waals surface area contributed by atoms with Gasteiger partial charge in [0, 0.05) is 0 Å². The molecule has 0 bridgehead atoms. The third-order valence-electron chi connectivity index (χ3n) is 1.24. The smallest absolute Gasteiger partial charge is 0.132 e. The van der Waals surface area contributed by atoms with Gasteiger partial charge in [-0.2, -0.15) is 0 Å². The summed E-state index contributed by atoms with van der Waals surface area (Å²) in [6, 6.07) is 0. The Bertz CT molecular complexity index is 61.5. The highest BCUT2D eigenvalue weighted by Crippen LogP contribution is 2.03. The van der Waals surface area contributed by atoms with Crippen molar-refractivity contribution >= 4 is 0 Å². The zero-order chi connectivity index (χ0) is 5.82. The van der Waals surface area contributed by atoms with Crippen LogP contribution < -0.4 is 5.32 Å². The van der Waals surface area contributed by atoms with Gasteiger partial charge in [0.05, 0.1) is 6.61 Å². The largest absolute Gasteiger partial charge is 0.357 e. The number of hydrogen-bond acceptors (Lipinski definition) is 2. The Hall–Kier alpha value is -0.0800. The van der Waals surface area contributed by atoms with Gasteiger partial charge in [-0.05, 0) is 13.0 Å². The predicted molar refractivity (Wildman–Crippen MR) is 32.7 cm³/mol. The summed E-state index contributed by atoms with van der Waals surface area (Å²) in [6.45, 7) is 4.22. The fourth-order valence-corrected chi connectivity index (χ4v) is 0.606. The van der Waals surface area contributed by atoms with Crippen molar-refractivity contribution < 1.29 is 4.74 Å². The second-order valence-corrected chi connectivity index (χ2v) is 2.13. The molecular formula is C6H13NO. The molecule has 1 fully saturated rings. The Morgan fingerprint density at radius 3 is 3.00 bits per heavy atom. The van der Waals surface area contributed by atoms with Crippen molar-refractivity contribution in [1.82, 2.24) is 5.32 Å². The predicted octanol–water partition coefficient (Wildman–Crippen LogP) is 0.732. The molecule has 1 aliphatic rings. The number of ether oxygens (including phenoxy) is 1. The monoisotopic (exact) mass is 115 g/mol. The molecule has 0 aromatic heterocycles. The topological polar surface area (TPSA) is 24.6 Å². The minimum Gasteiger partial charge on any atom is -0.357 e. The standard InChI is InChI=1S/C6H13NO/c1-2-3-4-7-6-5-8-6/h6-7H,2-5H2,1H3/t6-/m0/s1. The first kappa shape index (κ1) is 6.05. The van der Waals surface area contributed by atoms with Gasteiger partial charge < -0.3 is 4.74 Å². The summed E-state index contributed by atoms with van der Waals surface area (Å²) in [5.41, 5.74) is 0. The summed E-state index contributed by atoms with van der Waals surface area (Å²) >= 11 is 0. The number of unbranched alkanes of at least 4 members (excludes halogenated alkanes) is 1. The molecule has 1 atom stereocenters. The first-order valence-corrected chi connectivity index (χ1v) is 3.28. The van der Waals surface area contributed by atoms with Gasteiger partial charge >= 0.3 is 0 Å². The Morgan fingerprint density at radius 2 is 2.50 bits per heavy atom. The fourth-order valence-electron chi connectivity index (χ4n) is 0.606. The van der Waals surface area contributed by atoms with Crippen LogP contribution >= 0.6 is 0 Å². The Labute approximate surface area is 50.2 Å². The minimum atomic E-state index is 0.404. The van der Waals surface area contributed by atoms with Crippen LogP contribution in [-0.4, -0.2) is 19.4 Å². The lowest BCUT2D eigenvalue weighted by atomic mass is 10.3. The molecule has 1 saturated heterocycles. The average Bonchev–Trinajstić information content (AvgIpc) is 2.51. The van der Waals surface area contributed by atoms with E-state index in [0.717, 1.165) is 13.2 Å². The number of rotatable bonds is 4. The van der Waals surface area contributed by atoms with Crippen molar-refractivity contribution in [3.63, 3.8) is 0 Å². The molecule has 2 nitrogen and oxygen atoms in total. The van der Waals surface area contributed by atoms with Crippen LogP contribution in [0.2, 0.25) is 0 Å². The van der Waals surface area contributed by atoms with Crippen LogP contribution in [0, 0.1) is 0 Å². The summed E-state index contributed by atoms with van der Waals surface area (Å²) in [5, 5.41) is 3.24. The van der Waals surface area contributed by atoms with Crippen LogP contribution in [0.1, 0.15) is 19.8 Å². The van der Waals surface area contributed by atoms with Crippen molar-refractivity contribution in [3.05, 3.63) is 0 Å². The zero-order valence-electron chi connectivity index (χ0n) is 5.31. The molecule has 0 aromatic carbocycles. The summed E-state index contributed by atoms with van der Waals surface area (Å²) in [7, 11) is 0. The van der Waals surface area contributed by atoms with E-state index in [0.29, 0.717) is 6.23 Å². The van der Waals surface area contributed by atoms with Crippen molar-refractivity contribution in [2.45, 2.75) is 26.0 Å². The van der Waals surface area contributed by atoms with Crippen LogP contribution in [0.4, 0.5) is 0 Å². The summed E-state index contributed by atoms with van der Waals surface area (Å²) < 4.78 is 4.94. The van der Waals surface area contributed by atoms with Gasteiger partial charge in [0.25, 0.3) is 0 Å². The summed E-state index contributed by atoms with van der Waals surface area (Å²) in [4.78, 5) is 0. The minimum absolute atomic E-state index is 0.404. The maximum absolute atomic E-state index is 4.94. The maximum Gasteiger partial charge on any atom is 0.132 e. The third-order valence-corrected chi connectivity index (χ3v) is 1.24. The molecule has 0 aromatic rings. The molecule has 1 rings (SSSR count). The summed E-state index contributed by atoms with van der Waals surface area (Å²) in [5.74, 6) is 0. The van der Waals surface area contributed by atoms with E-state index < -0.39 is 0 Å².